The van der Waals surface area contributed by atoms with E-state index >= 15 is 0 Å². The lowest BCUT2D eigenvalue weighted by atomic mass is 9.97. The normalized spacial score (nSPS) is 13.2. The fourth-order valence-corrected chi connectivity index (χ4v) is 5.81. The molecule has 4 rings (SSSR count). The molecule has 0 unspecified atom stereocenters. The molecule has 152 valence electrons. The number of rotatable bonds is 6. The number of fused-ring (bicyclic) bond motifs is 3. The third-order valence-corrected chi connectivity index (χ3v) is 7.03. The number of thioether (sulfide) groups is 1. The molecule has 2 aromatic heterocycles. The van der Waals surface area contributed by atoms with E-state index in [-0.39, 0.29) is 11.7 Å². The summed E-state index contributed by atoms with van der Waals surface area (Å²) < 4.78 is 10.5. The number of nitrogens with one attached hydrogen (secondary N) is 1. The summed E-state index contributed by atoms with van der Waals surface area (Å²) in [5.41, 5.74) is 2.03. The molecule has 0 atom stereocenters. The Hall–Kier alpha value is -2.32. The lowest BCUT2D eigenvalue weighted by Crippen LogP contribution is -2.14. The minimum atomic E-state index is -0.0983. The predicted octanol–water partition coefficient (Wildman–Crippen LogP) is 4.63. The van der Waals surface area contributed by atoms with Crippen molar-refractivity contribution in [2.75, 3.05) is 25.3 Å². The number of anilines is 1. The van der Waals surface area contributed by atoms with Gasteiger partial charge >= 0.3 is 0 Å². The number of carbonyl (C=O) groups excluding carboxylic acids is 1. The lowest BCUT2D eigenvalue weighted by Gasteiger charge is -2.12. The SMILES string of the molecule is COc1cc(NC(=O)CSc2nc(C)nc3sc4c(c23)CCCC4)cc(OC)c1. The number of hydrogen-bond donors (Lipinski definition) is 1. The van der Waals surface area contributed by atoms with Crippen molar-refractivity contribution in [3.05, 3.63) is 34.5 Å². The third kappa shape index (κ3) is 4.33. The molecule has 1 N–H and O–H groups in total. The maximum atomic E-state index is 12.6. The quantitative estimate of drug-likeness (QED) is 0.455. The molecule has 1 aromatic carbocycles. The number of nitrogens with zero attached hydrogens (tertiary/aromatic N) is 2. The van der Waals surface area contributed by atoms with E-state index in [1.54, 1.807) is 43.8 Å². The van der Waals surface area contributed by atoms with Crippen LogP contribution in [0.4, 0.5) is 5.69 Å². The van der Waals surface area contributed by atoms with Gasteiger partial charge in [0, 0.05) is 34.1 Å². The molecule has 0 aliphatic heterocycles. The largest absolute Gasteiger partial charge is 0.497 e. The Balaban J connectivity index is 1.52. The fourth-order valence-electron chi connectivity index (χ4n) is 3.54. The molecule has 8 heteroatoms. The first-order chi connectivity index (χ1) is 14.1. The van der Waals surface area contributed by atoms with E-state index in [1.165, 1.54) is 35.0 Å². The van der Waals surface area contributed by atoms with Gasteiger partial charge in [0.15, 0.2) is 0 Å². The number of ether oxygens (including phenoxy) is 2. The number of amides is 1. The van der Waals surface area contributed by atoms with Crippen LogP contribution in [-0.4, -0.2) is 35.8 Å². The summed E-state index contributed by atoms with van der Waals surface area (Å²) in [5.74, 6) is 2.18. The molecule has 0 saturated carbocycles. The number of aryl methyl sites for hydroxylation is 3. The second-order valence-corrected chi connectivity index (χ2v) is 8.95. The van der Waals surface area contributed by atoms with Crippen LogP contribution >= 0.6 is 23.1 Å². The highest BCUT2D eigenvalue weighted by atomic mass is 32.2. The second-order valence-electron chi connectivity index (χ2n) is 6.91. The first kappa shape index (κ1) is 20.0. The van der Waals surface area contributed by atoms with Gasteiger partial charge in [0.2, 0.25) is 5.91 Å². The van der Waals surface area contributed by atoms with Crippen LogP contribution in [0.15, 0.2) is 23.2 Å². The molecular formula is C21H23N3O3S2. The number of benzene rings is 1. The number of thiophene rings is 1. The number of aromatic nitrogens is 2. The van der Waals surface area contributed by atoms with Crippen molar-refractivity contribution in [2.24, 2.45) is 0 Å². The summed E-state index contributed by atoms with van der Waals surface area (Å²) in [6.45, 7) is 1.91. The van der Waals surface area contributed by atoms with Gasteiger partial charge in [-0.2, -0.15) is 0 Å². The molecule has 3 aromatic rings. The highest BCUT2D eigenvalue weighted by Gasteiger charge is 2.21. The van der Waals surface area contributed by atoms with Gasteiger partial charge in [0.1, 0.15) is 27.2 Å². The monoisotopic (exact) mass is 429 g/mol. The summed E-state index contributed by atoms with van der Waals surface area (Å²) in [6, 6.07) is 5.31. The third-order valence-electron chi connectivity index (χ3n) is 4.87. The van der Waals surface area contributed by atoms with Crippen molar-refractivity contribution in [2.45, 2.75) is 37.6 Å². The molecular weight excluding hydrogens is 406 g/mol. The molecule has 1 aliphatic rings. The summed E-state index contributed by atoms with van der Waals surface area (Å²) in [5, 5.41) is 4.98. The van der Waals surface area contributed by atoms with Gasteiger partial charge in [0.25, 0.3) is 0 Å². The van der Waals surface area contributed by atoms with Gasteiger partial charge in [-0.3, -0.25) is 4.79 Å². The van der Waals surface area contributed by atoms with Crippen molar-refractivity contribution in [3.63, 3.8) is 0 Å². The van der Waals surface area contributed by atoms with Gasteiger partial charge in [-0.25, -0.2) is 9.97 Å². The van der Waals surface area contributed by atoms with E-state index in [0.29, 0.717) is 17.2 Å². The Morgan fingerprint density at radius 1 is 1.14 bits per heavy atom. The zero-order valence-electron chi connectivity index (χ0n) is 16.7. The van der Waals surface area contributed by atoms with Crippen LogP contribution in [0.25, 0.3) is 10.2 Å². The maximum Gasteiger partial charge on any atom is 0.234 e. The highest BCUT2D eigenvalue weighted by Crippen LogP contribution is 2.39. The van der Waals surface area contributed by atoms with Crippen LogP contribution < -0.4 is 14.8 Å². The Kier molecular flexibility index (Phi) is 5.91. The second kappa shape index (κ2) is 8.59. The summed E-state index contributed by atoms with van der Waals surface area (Å²) >= 11 is 3.25. The number of hydrogen-bond acceptors (Lipinski definition) is 7. The minimum absolute atomic E-state index is 0.0983. The average molecular weight is 430 g/mol. The van der Waals surface area contributed by atoms with Crippen molar-refractivity contribution in [1.29, 1.82) is 0 Å². The van der Waals surface area contributed by atoms with Crippen LogP contribution in [0.2, 0.25) is 0 Å². The van der Waals surface area contributed by atoms with Crippen LogP contribution in [0.3, 0.4) is 0 Å². The zero-order chi connectivity index (χ0) is 20.4. The van der Waals surface area contributed by atoms with Gasteiger partial charge in [-0.1, -0.05) is 11.8 Å². The van der Waals surface area contributed by atoms with E-state index in [1.807, 2.05) is 6.92 Å². The van der Waals surface area contributed by atoms with Crippen molar-refractivity contribution in [3.8, 4) is 11.5 Å². The maximum absolute atomic E-state index is 12.6. The smallest absolute Gasteiger partial charge is 0.234 e. The van der Waals surface area contributed by atoms with Gasteiger partial charge < -0.3 is 14.8 Å². The zero-order valence-corrected chi connectivity index (χ0v) is 18.3. The summed E-state index contributed by atoms with van der Waals surface area (Å²) in [6.07, 6.45) is 4.64. The molecule has 6 nitrogen and oxygen atoms in total. The minimum Gasteiger partial charge on any atom is -0.497 e. The van der Waals surface area contributed by atoms with E-state index in [0.717, 1.165) is 33.9 Å². The molecule has 1 amide bonds. The number of methoxy groups -OCH3 is 2. The van der Waals surface area contributed by atoms with E-state index in [9.17, 15) is 4.79 Å². The Bertz CT molecular complexity index is 1040. The fraction of sp³-hybridized carbons (Fsp3) is 0.381. The summed E-state index contributed by atoms with van der Waals surface area (Å²) in [4.78, 5) is 24.4. The van der Waals surface area contributed by atoms with Crippen LogP contribution in [0, 0.1) is 6.92 Å². The van der Waals surface area contributed by atoms with Gasteiger partial charge in [-0.15, -0.1) is 11.3 Å². The molecule has 0 spiro atoms. The van der Waals surface area contributed by atoms with Gasteiger partial charge in [-0.05, 0) is 38.2 Å². The molecule has 29 heavy (non-hydrogen) atoms. The van der Waals surface area contributed by atoms with Crippen LogP contribution in [-0.2, 0) is 17.6 Å². The Morgan fingerprint density at radius 3 is 2.59 bits per heavy atom. The Morgan fingerprint density at radius 2 is 1.86 bits per heavy atom. The topological polar surface area (TPSA) is 73.3 Å². The molecule has 1 aliphatic carbocycles. The average Bonchev–Trinajstić information content (AvgIpc) is 3.09. The van der Waals surface area contributed by atoms with Crippen LogP contribution in [0.5, 0.6) is 11.5 Å². The molecule has 2 heterocycles. The first-order valence-corrected chi connectivity index (χ1v) is 11.3. The molecule has 0 fully saturated rings. The van der Waals surface area contributed by atoms with E-state index in [4.69, 9.17) is 9.47 Å². The standard InChI is InChI=1S/C21H23N3O3S2/c1-12-22-20(19-16-6-4-5-7-17(16)29-21(19)23-12)28-11-18(25)24-13-8-14(26-2)10-15(9-13)27-3/h8-10H,4-7,11H2,1-3H3,(H,24,25). The van der Waals surface area contributed by atoms with Gasteiger partial charge in [0.05, 0.1) is 20.0 Å². The van der Waals surface area contributed by atoms with E-state index in [2.05, 4.69) is 15.3 Å². The highest BCUT2D eigenvalue weighted by molar-refractivity contribution is 8.00. The predicted molar refractivity (Wildman–Crippen MR) is 118 cm³/mol. The van der Waals surface area contributed by atoms with Crippen molar-refractivity contribution < 1.29 is 14.3 Å². The van der Waals surface area contributed by atoms with Crippen molar-refractivity contribution in [1.82, 2.24) is 9.97 Å². The summed E-state index contributed by atoms with van der Waals surface area (Å²) in [7, 11) is 3.17. The van der Waals surface area contributed by atoms with Crippen LogP contribution in [0.1, 0.15) is 29.1 Å². The Labute approximate surface area is 178 Å². The molecule has 0 radical (unpaired) electrons. The first-order valence-electron chi connectivity index (χ1n) is 9.52. The molecule has 0 saturated heterocycles. The lowest BCUT2D eigenvalue weighted by molar-refractivity contribution is -0.113. The molecule has 0 bridgehead atoms. The number of carbonyl (C=O) groups is 1. The van der Waals surface area contributed by atoms with Crippen molar-refractivity contribution >= 4 is 44.9 Å². The van der Waals surface area contributed by atoms with E-state index < -0.39 is 0 Å².